The summed E-state index contributed by atoms with van der Waals surface area (Å²) in [5, 5.41) is 9.78. The number of hydrogen-bond donors (Lipinski definition) is 1. The smallest absolute Gasteiger partial charge is 0.166 e. The van der Waals surface area contributed by atoms with Gasteiger partial charge in [0.1, 0.15) is 23.7 Å². The van der Waals surface area contributed by atoms with Gasteiger partial charge in [-0.2, -0.15) is 0 Å². The molecule has 26 heavy (non-hydrogen) atoms. The summed E-state index contributed by atoms with van der Waals surface area (Å²) in [6.45, 7) is 5.71. The molecule has 2 aromatic rings. The average molecular weight is 466 g/mol. The fraction of sp³-hybridized carbons (Fsp3) is 0.333. The van der Waals surface area contributed by atoms with E-state index in [1.165, 1.54) is 5.56 Å². The van der Waals surface area contributed by atoms with Crippen molar-refractivity contribution < 1.29 is 19.3 Å². The molecule has 0 bridgehead atoms. The fourth-order valence-corrected chi connectivity index (χ4v) is 3.39. The molecule has 0 radical (unpaired) electrons. The maximum Gasteiger partial charge on any atom is 0.166 e. The highest BCUT2D eigenvalue weighted by molar-refractivity contribution is 14.1. The van der Waals surface area contributed by atoms with Gasteiger partial charge < -0.3 is 19.3 Å². The Kier molecular flexibility index (Phi) is 6.56. The number of hydrogen-bond acceptors (Lipinski definition) is 4. The Morgan fingerprint density at radius 2 is 1.54 bits per heavy atom. The quantitative estimate of drug-likeness (QED) is 0.493. The van der Waals surface area contributed by atoms with E-state index in [9.17, 15) is 5.11 Å². The van der Waals surface area contributed by atoms with Crippen molar-refractivity contribution in [3.05, 3.63) is 70.3 Å². The van der Waals surface area contributed by atoms with Crippen LogP contribution in [0.4, 0.5) is 0 Å². The molecule has 4 unspecified atom stereocenters. The molecular formula is C21H23IO4. The van der Waals surface area contributed by atoms with Gasteiger partial charge in [0, 0.05) is 3.57 Å². The Morgan fingerprint density at radius 3 is 2.08 bits per heavy atom. The molecule has 4 nitrogen and oxygen atoms in total. The first kappa shape index (κ1) is 19.2. The van der Waals surface area contributed by atoms with Gasteiger partial charge in [-0.05, 0) is 72.3 Å². The molecule has 0 spiro atoms. The number of halogens is 1. The van der Waals surface area contributed by atoms with Gasteiger partial charge in [0.05, 0.1) is 6.61 Å². The predicted molar refractivity (Wildman–Crippen MR) is 110 cm³/mol. The van der Waals surface area contributed by atoms with E-state index in [1.54, 1.807) is 6.08 Å². The van der Waals surface area contributed by atoms with Crippen molar-refractivity contribution in [3.8, 4) is 11.5 Å². The van der Waals surface area contributed by atoms with Crippen LogP contribution in [0.1, 0.15) is 12.0 Å². The van der Waals surface area contributed by atoms with Gasteiger partial charge in [0.25, 0.3) is 0 Å². The van der Waals surface area contributed by atoms with Gasteiger partial charge in [0.2, 0.25) is 0 Å². The lowest BCUT2D eigenvalue weighted by molar-refractivity contribution is -0.0158. The molecule has 1 saturated heterocycles. The fourth-order valence-electron chi connectivity index (χ4n) is 3.03. The second kappa shape index (κ2) is 8.88. The molecule has 1 aliphatic heterocycles. The minimum Gasteiger partial charge on any atom is -0.484 e. The molecule has 0 aromatic heterocycles. The molecule has 5 heteroatoms. The van der Waals surface area contributed by atoms with Crippen LogP contribution in [0, 0.1) is 10.5 Å². The Morgan fingerprint density at radius 1 is 1.00 bits per heavy atom. The largest absolute Gasteiger partial charge is 0.484 e. The summed E-state index contributed by atoms with van der Waals surface area (Å²) in [6, 6.07) is 15.7. The van der Waals surface area contributed by atoms with E-state index in [1.807, 2.05) is 55.5 Å². The van der Waals surface area contributed by atoms with Crippen molar-refractivity contribution in [1.82, 2.24) is 0 Å². The zero-order valence-corrected chi connectivity index (χ0v) is 16.8. The van der Waals surface area contributed by atoms with Crippen LogP contribution in [0.3, 0.4) is 0 Å². The number of benzene rings is 2. The van der Waals surface area contributed by atoms with E-state index < -0.39 is 12.2 Å². The zero-order chi connectivity index (χ0) is 18.5. The van der Waals surface area contributed by atoms with Crippen LogP contribution in [0.5, 0.6) is 11.5 Å². The Hall–Kier alpha value is -1.57. The van der Waals surface area contributed by atoms with Crippen LogP contribution in [0.25, 0.3) is 0 Å². The number of aliphatic hydroxyl groups excluding tert-OH is 1. The SMILES string of the molecule is C=CCC1OC(CO)C(Oc2ccc(I)cc2)C1Oc1ccc(C)cc1. The first-order valence-corrected chi connectivity index (χ1v) is 9.71. The van der Waals surface area contributed by atoms with Gasteiger partial charge >= 0.3 is 0 Å². The number of ether oxygens (including phenoxy) is 3. The minimum atomic E-state index is -0.449. The third-order valence-electron chi connectivity index (χ3n) is 4.36. The molecule has 1 heterocycles. The standard InChI is InChI=1S/C21H23IO4/c1-3-4-18-20(24-16-9-5-14(2)6-10-16)21(19(13-23)26-18)25-17-11-7-15(22)8-12-17/h3,5-12,18-21,23H,1,4,13H2,2H3. The molecule has 0 aliphatic carbocycles. The summed E-state index contributed by atoms with van der Waals surface area (Å²) >= 11 is 2.25. The van der Waals surface area contributed by atoms with E-state index in [0.717, 1.165) is 15.1 Å². The lowest BCUT2D eigenvalue weighted by Gasteiger charge is -2.25. The second-order valence-electron chi connectivity index (χ2n) is 6.35. The van der Waals surface area contributed by atoms with Crippen LogP contribution >= 0.6 is 22.6 Å². The van der Waals surface area contributed by atoms with E-state index in [2.05, 4.69) is 29.2 Å². The van der Waals surface area contributed by atoms with Crippen molar-refractivity contribution in [2.24, 2.45) is 0 Å². The third kappa shape index (κ3) is 4.58. The van der Waals surface area contributed by atoms with Gasteiger partial charge in [-0.25, -0.2) is 0 Å². The highest BCUT2D eigenvalue weighted by atomic mass is 127. The first-order valence-electron chi connectivity index (χ1n) is 8.63. The molecule has 0 amide bonds. The van der Waals surface area contributed by atoms with Gasteiger partial charge in [-0.15, -0.1) is 6.58 Å². The van der Waals surface area contributed by atoms with Crippen LogP contribution in [0.15, 0.2) is 61.2 Å². The first-order chi connectivity index (χ1) is 12.6. The van der Waals surface area contributed by atoms with E-state index in [0.29, 0.717) is 6.42 Å². The Labute approximate surface area is 167 Å². The molecule has 1 aliphatic rings. The molecule has 4 atom stereocenters. The van der Waals surface area contributed by atoms with Gasteiger partial charge in [0.15, 0.2) is 12.2 Å². The van der Waals surface area contributed by atoms with Crippen LogP contribution in [-0.4, -0.2) is 36.1 Å². The maximum absolute atomic E-state index is 9.78. The van der Waals surface area contributed by atoms with Crippen molar-refractivity contribution >= 4 is 22.6 Å². The normalized spacial score (nSPS) is 25.0. The monoisotopic (exact) mass is 466 g/mol. The average Bonchev–Trinajstić information content (AvgIpc) is 2.96. The number of aliphatic hydroxyl groups is 1. The Balaban J connectivity index is 1.84. The summed E-state index contributed by atoms with van der Waals surface area (Å²) < 4.78 is 19.5. The summed E-state index contributed by atoms with van der Waals surface area (Å²) in [5.41, 5.74) is 1.17. The molecule has 0 saturated carbocycles. The van der Waals surface area contributed by atoms with Crippen LogP contribution < -0.4 is 9.47 Å². The molecule has 138 valence electrons. The summed E-state index contributed by atoms with van der Waals surface area (Å²) in [6.07, 6.45) is 1.00. The second-order valence-corrected chi connectivity index (χ2v) is 7.60. The molecule has 3 rings (SSSR count). The topological polar surface area (TPSA) is 47.9 Å². The molecule has 2 aromatic carbocycles. The molecule has 1 N–H and O–H groups in total. The molecular weight excluding hydrogens is 443 g/mol. The highest BCUT2D eigenvalue weighted by Gasteiger charge is 2.47. The Bertz CT molecular complexity index is 714. The van der Waals surface area contributed by atoms with Crippen molar-refractivity contribution in [2.75, 3.05) is 6.61 Å². The zero-order valence-electron chi connectivity index (χ0n) is 14.7. The van der Waals surface area contributed by atoms with E-state index >= 15 is 0 Å². The lowest BCUT2D eigenvalue weighted by atomic mass is 10.0. The summed E-state index contributed by atoms with van der Waals surface area (Å²) in [7, 11) is 0. The summed E-state index contributed by atoms with van der Waals surface area (Å²) in [4.78, 5) is 0. The van der Waals surface area contributed by atoms with Crippen molar-refractivity contribution in [1.29, 1.82) is 0 Å². The maximum atomic E-state index is 9.78. The van der Waals surface area contributed by atoms with E-state index in [-0.39, 0.29) is 18.8 Å². The van der Waals surface area contributed by atoms with Gasteiger partial charge in [-0.1, -0.05) is 23.8 Å². The number of rotatable bonds is 7. The van der Waals surface area contributed by atoms with Gasteiger partial charge in [-0.3, -0.25) is 0 Å². The molecule has 1 fully saturated rings. The predicted octanol–water partition coefficient (Wildman–Crippen LogP) is 4.13. The lowest BCUT2D eigenvalue weighted by Crippen LogP contribution is -2.42. The third-order valence-corrected chi connectivity index (χ3v) is 5.08. The summed E-state index contributed by atoms with van der Waals surface area (Å²) in [5.74, 6) is 1.49. The van der Waals surface area contributed by atoms with Crippen molar-refractivity contribution in [3.63, 3.8) is 0 Å². The van der Waals surface area contributed by atoms with Crippen LogP contribution in [-0.2, 0) is 4.74 Å². The number of aryl methyl sites for hydroxylation is 1. The minimum absolute atomic E-state index is 0.129. The van der Waals surface area contributed by atoms with Crippen molar-refractivity contribution in [2.45, 2.75) is 37.8 Å². The van der Waals surface area contributed by atoms with E-state index in [4.69, 9.17) is 14.2 Å². The highest BCUT2D eigenvalue weighted by Crippen LogP contribution is 2.31. The van der Waals surface area contributed by atoms with Crippen LogP contribution in [0.2, 0.25) is 0 Å².